The van der Waals surface area contributed by atoms with E-state index in [4.69, 9.17) is 5.73 Å². The van der Waals surface area contributed by atoms with Crippen molar-refractivity contribution in [3.05, 3.63) is 23.5 Å². The maximum absolute atomic E-state index is 5.46. The lowest BCUT2D eigenvalue weighted by Gasteiger charge is -1.84. The molecule has 0 aliphatic carbocycles. The van der Waals surface area contributed by atoms with Crippen molar-refractivity contribution in [1.82, 2.24) is 15.2 Å². The summed E-state index contributed by atoms with van der Waals surface area (Å²) in [6.45, 7) is 0.551. The van der Waals surface area contributed by atoms with Crippen LogP contribution in [0.15, 0.2) is 18.6 Å². The topological polar surface area (TPSA) is 67.6 Å². The third-order valence-corrected chi connectivity index (χ3v) is 2.57. The fourth-order valence-corrected chi connectivity index (χ4v) is 1.68. The average Bonchev–Trinajstić information content (AvgIpc) is 2.75. The Labute approximate surface area is 73.5 Å². The van der Waals surface area contributed by atoms with E-state index >= 15 is 0 Å². The number of nitrogens with two attached hydrogens (primary N) is 1. The van der Waals surface area contributed by atoms with E-state index in [9.17, 15) is 0 Å². The van der Waals surface area contributed by atoms with Crippen LogP contribution in [-0.2, 0) is 6.54 Å². The summed E-state index contributed by atoms with van der Waals surface area (Å²) in [5.41, 5.74) is 6.48. The second-order valence-corrected chi connectivity index (χ2v) is 3.44. The van der Waals surface area contributed by atoms with Crippen LogP contribution >= 0.6 is 11.3 Å². The molecule has 0 aliphatic rings. The highest BCUT2D eigenvalue weighted by Gasteiger charge is 2.03. The van der Waals surface area contributed by atoms with Crippen LogP contribution in [0, 0.1) is 0 Å². The van der Waals surface area contributed by atoms with Crippen LogP contribution in [0.1, 0.15) is 4.88 Å². The Hall–Kier alpha value is -1.20. The van der Waals surface area contributed by atoms with Crippen LogP contribution in [0.5, 0.6) is 0 Å². The van der Waals surface area contributed by atoms with E-state index in [0.717, 1.165) is 15.4 Å². The van der Waals surface area contributed by atoms with Crippen molar-refractivity contribution in [2.45, 2.75) is 6.54 Å². The first-order chi connectivity index (χ1) is 5.90. The summed E-state index contributed by atoms with van der Waals surface area (Å²) in [5.74, 6) is 0. The highest BCUT2D eigenvalue weighted by Crippen LogP contribution is 2.23. The predicted octanol–water partition coefficient (Wildman–Crippen LogP) is 0.992. The highest BCUT2D eigenvalue weighted by molar-refractivity contribution is 7.15. The molecular formula is C7H8N4S. The van der Waals surface area contributed by atoms with Gasteiger partial charge in [-0.05, 0) is 0 Å². The van der Waals surface area contributed by atoms with Crippen molar-refractivity contribution in [1.29, 1.82) is 0 Å². The van der Waals surface area contributed by atoms with Crippen molar-refractivity contribution in [3.8, 4) is 10.6 Å². The molecule has 0 saturated carbocycles. The molecule has 0 atom stereocenters. The minimum Gasteiger partial charge on any atom is -0.326 e. The molecule has 0 bridgehead atoms. The Morgan fingerprint density at radius 3 is 3.00 bits per heavy atom. The van der Waals surface area contributed by atoms with Gasteiger partial charge in [0.15, 0.2) is 0 Å². The van der Waals surface area contributed by atoms with Crippen LogP contribution in [0.25, 0.3) is 10.6 Å². The molecule has 12 heavy (non-hydrogen) atoms. The predicted molar refractivity (Wildman–Crippen MR) is 47.6 cm³/mol. The van der Waals surface area contributed by atoms with Gasteiger partial charge in [-0.15, -0.1) is 11.3 Å². The van der Waals surface area contributed by atoms with Crippen LogP contribution in [0.4, 0.5) is 0 Å². The van der Waals surface area contributed by atoms with E-state index in [2.05, 4.69) is 15.2 Å². The zero-order valence-corrected chi connectivity index (χ0v) is 7.14. The maximum atomic E-state index is 5.46. The number of H-pyrrole nitrogens is 1. The fourth-order valence-electron chi connectivity index (χ4n) is 0.903. The van der Waals surface area contributed by atoms with Crippen molar-refractivity contribution >= 4 is 11.3 Å². The van der Waals surface area contributed by atoms with E-state index in [-0.39, 0.29) is 0 Å². The highest BCUT2D eigenvalue weighted by atomic mass is 32.1. The van der Waals surface area contributed by atoms with Gasteiger partial charge >= 0.3 is 0 Å². The Morgan fingerprint density at radius 1 is 1.50 bits per heavy atom. The van der Waals surface area contributed by atoms with Crippen LogP contribution in [0.2, 0.25) is 0 Å². The SMILES string of the molecule is NCc1cnc(-c2cn[nH]c2)s1. The van der Waals surface area contributed by atoms with Gasteiger partial charge in [-0.2, -0.15) is 5.10 Å². The third-order valence-electron chi connectivity index (χ3n) is 1.50. The van der Waals surface area contributed by atoms with Gasteiger partial charge in [0.05, 0.1) is 6.20 Å². The number of hydrogen-bond acceptors (Lipinski definition) is 4. The Bertz CT molecular complexity index is 351. The molecule has 3 N–H and O–H groups in total. The van der Waals surface area contributed by atoms with Gasteiger partial charge in [0, 0.05) is 29.4 Å². The zero-order chi connectivity index (χ0) is 8.39. The van der Waals surface area contributed by atoms with Crippen LogP contribution in [-0.4, -0.2) is 15.2 Å². The number of nitrogens with zero attached hydrogens (tertiary/aromatic N) is 2. The summed E-state index contributed by atoms with van der Waals surface area (Å²) < 4.78 is 0. The van der Waals surface area contributed by atoms with Gasteiger partial charge in [-0.3, -0.25) is 5.10 Å². The molecular weight excluding hydrogens is 172 g/mol. The van der Waals surface area contributed by atoms with Crippen molar-refractivity contribution in [2.75, 3.05) is 0 Å². The van der Waals surface area contributed by atoms with Gasteiger partial charge in [-0.1, -0.05) is 0 Å². The van der Waals surface area contributed by atoms with Crippen molar-refractivity contribution in [3.63, 3.8) is 0 Å². The van der Waals surface area contributed by atoms with Gasteiger partial charge in [0.2, 0.25) is 0 Å². The Balaban J connectivity index is 2.35. The van der Waals surface area contributed by atoms with Gasteiger partial charge in [0.25, 0.3) is 0 Å². The monoisotopic (exact) mass is 180 g/mol. The number of aromatic amines is 1. The summed E-state index contributed by atoms with van der Waals surface area (Å²) in [6.07, 6.45) is 5.37. The summed E-state index contributed by atoms with van der Waals surface area (Å²) in [6, 6.07) is 0. The summed E-state index contributed by atoms with van der Waals surface area (Å²) in [4.78, 5) is 5.30. The van der Waals surface area contributed by atoms with E-state index in [1.807, 2.05) is 6.20 Å². The first-order valence-corrected chi connectivity index (χ1v) is 4.35. The second-order valence-electron chi connectivity index (χ2n) is 2.32. The Morgan fingerprint density at radius 2 is 2.42 bits per heavy atom. The largest absolute Gasteiger partial charge is 0.326 e. The minimum absolute atomic E-state index is 0.551. The van der Waals surface area contributed by atoms with E-state index in [1.54, 1.807) is 23.7 Å². The molecule has 0 saturated heterocycles. The van der Waals surface area contributed by atoms with Gasteiger partial charge in [-0.25, -0.2) is 4.98 Å². The number of nitrogens with one attached hydrogen (secondary N) is 1. The Kier molecular flexibility index (Phi) is 1.89. The lowest BCUT2D eigenvalue weighted by atomic mass is 10.4. The quantitative estimate of drug-likeness (QED) is 0.724. The van der Waals surface area contributed by atoms with Crippen LogP contribution in [0.3, 0.4) is 0 Å². The molecule has 0 amide bonds. The number of thiazole rings is 1. The van der Waals surface area contributed by atoms with Crippen molar-refractivity contribution in [2.24, 2.45) is 5.73 Å². The normalized spacial score (nSPS) is 10.4. The molecule has 0 aliphatic heterocycles. The molecule has 2 aromatic heterocycles. The number of rotatable bonds is 2. The van der Waals surface area contributed by atoms with Crippen LogP contribution < -0.4 is 5.73 Å². The number of aromatic nitrogens is 3. The summed E-state index contributed by atoms with van der Waals surface area (Å²) in [7, 11) is 0. The molecule has 0 unspecified atom stereocenters. The average molecular weight is 180 g/mol. The molecule has 0 spiro atoms. The molecule has 4 nitrogen and oxygen atoms in total. The smallest absolute Gasteiger partial charge is 0.126 e. The van der Waals surface area contributed by atoms with Gasteiger partial charge < -0.3 is 5.73 Å². The second kappa shape index (κ2) is 3.04. The lowest BCUT2D eigenvalue weighted by molar-refractivity contribution is 1.09. The van der Waals surface area contributed by atoms with Gasteiger partial charge in [0.1, 0.15) is 5.01 Å². The van der Waals surface area contributed by atoms with E-state index in [1.165, 1.54) is 0 Å². The lowest BCUT2D eigenvalue weighted by Crippen LogP contribution is -1.91. The zero-order valence-electron chi connectivity index (χ0n) is 6.32. The molecule has 0 aromatic carbocycles. The first-order valence-electron chi connectivity index (χ1n) is 3.54. The summed E-state index contributed by atoms with van der Waals surface area (Å²) >= 11 is 1.59. The standard InChI is InChI=1S/C7H8N4S/c8-1-6-4-9-7(12-6)5-2-10-11-3-5/h2-4H,1,8H2,(H,10,11). The van der Waals surface area contributed by atoms with Crippen molar-refractivity contribution < 1.29 is 0 Å². The molecule has 0 radical (unpaired) electrons. The summed E-state index contributed by atoms with van der Waals surface area (Å²) in [5, 5.41) is 7.55. The fraction of sp³-hybridized carbons (Fsp3) is 0.143. The molecule has 2 rings (SSSR count). The molecule has 2 aromatic rings. The number of hydrogen-bond donors (Lipinski definition) is 2. The third kappa shape index (κ3) is 1.24. The molecule has 0 fully saturated rings. The first kappa shape index (κ1) is 7.45. The molecule has 62 valence electrons. The van der Waals surface area contributed by atoms with E-state index < -0.39 is 0 Å². The molecule has 2 heterocycles. The van der Waals surface area contributed by atoms with E-state index in [0.29, 0.717) is 6.54 Å². The minimum atomic E-state index is 0.551. The maximum Gasteiger partial charge on any atom is 0.126 e. The molecule has 5 heteroatoms.